The molecule has 5 nitrogen and oxygen atoms in total. The lowest BCUT2D eigenvalue weighted by molar-refractivity contribution is 0.342. The number of nitrogens with zero attached hydrogens (tertiary/aromatic N) is 1. The first-order valence-corrected chi connectivity index (χ1v) is 6.41. The minimum absolute atomic E-state index is 0.471. The topological polar surface area (TPSA) is 62.0 Å². The van der Waals surface area contributed by atoms with E-state index in [0.29, 0.717) is 17.5 Å². The predicted octanol–water partition coefficient (Wildman–Crippen LogP) is 2.93. The maximum atomic E-state index is 5.52. The van der Waals surface area contributed by atoms with Crippen molar-refractivity contribution in [1.29, 1.82) is 0 Å². The second-order valence-corrected chi connectivity index (χ2v) is 4.35. The van der Waals surface area contributed by atoms with Crippen molar-refractivity contribution in [2.24, 2.45) is 0 Å². The second kappa shape index (κ2) is 6.19. The maximum absolute atomic E-state index is 5.52. The van der Waals surface area contributed by atoms with E-state index < -0.39 is 0 Å². The van der Waals surface area contributed by atoms with E-state index >= 15 is 0 Å². The molecule has 1 aromatic carbocycles. The molecule has 1 heterocycles. The number of H-pyrrole nitrogens is 1. The van der Waals surface area contributed by atoms with Crippen LogP contribution in [0.2, 0.25) is 0 Å². The van der Waals surface area contributed by atoms with E-state index in [9.17, 15) is 0 Å². The molecule has 0 aliphatic carbocycles. The smallest absolute Gasteiger partial charge is 0.176 e. The Kier molecular flexibility index (Phi) is 4.35. The molecule has 19 heavy (non-hydrogen) atoms. The summed E-state index contributed by atoms with van der Waals surface area (Å²) < 4.78 is 5.52. The van der Waals surface area contributed by atoms with Gasteiger partial charge in [0.05, 0.1) is 12.3 Å². The maximum Gasteiger partial charge on any atom is 0.176 e. The lowest BCUT2D eigenvalue weighted by Crippen LogP contribution is -2.19. The Balaban J connectivity index is 2.02. The van der Waals surface area contributed by atoms with Gasteiger partial charge in [-0.3, -0.25) is 5.10 Å². The van der Waals surface area contributed by atoms with Gasteiger partial charge in [-0.1, -0.05) is 12.1 Å². The molecular weight excluding hydrogens is 260 g/mol. The van der Waals surface area contributed by atoms with Crippen LogP contribution in [0.25, 0.3) is 0 Å². The van der Waals surface area contributed by atoms with E-state index in [1.54, 1.807) is 0 Å². The molecule has 0 bridgehead atoms. The van der Waals surface area contributed by atoms with Crippen molar-refractivity contribution in [3.8, 4) is 5.75 Å². The summed E-state index contributed by atoms with van der Waals surface area (Å²) in [5.74, 6) is 1.45. The van der Waals surface area contributed by atoms with Crippen LogP contribution in [0.4, 0.5) is 11.5 Å². The third kappa shape index (κ3) is 3.69. The highest BCUT2D eigenvalue weighted by atomic mass is 32.1. The normalized spacial score (nSPS) is 10.0. The molecule has 6 heteroatoms. The first-order chi connectivity index (χ1) is 9.19. The fourth-order valence-corrected chi connectivity index (χ4v) is 1.82. The third-order valence-electron chi connectivity index (χ3n) is 2.38. The monoisotopic (exact) mass is 276 g/mol. The van der Waals surface area contributed by atoms with Crippen molar-refractivity contribution in [3.63, 3.8) is 0 Å². The molecule has 0 aliphatic heterocycles. The van der Waals surface area contributed by atoms with E-state index in [2.05, 4.69) is 20.8 Å². The van der Waals surface area contributed by atoms with Crippen molar-refractivity contribution in [3.05, 3.63) is 36.0 Å². The number of thiocarbonyl (C=S) groups is 1. The Bertz CT molecular complexity index is 567. The van der Waals surface area contributed by atoms with E-state index in [1.807, 2.05) is 44.2 Å². The SMILES string of the molecule is CCOc1ccccc1NC(=S)Nc1cc(C)[nH]n1. The van der Waals surface area contributed by atoms with Crippen LogP contribution in [0.5, 0.6) is 5.75 Å². The fourth-order valence-electron chi connectivity index (χ4n) is 1.60. The van der Waals surface area contributed by atoms with Crippen LogP contribution in [0.3, 0.4) is 0 Å². The van der Waals surface area contributed by atoms with Gasteiger partial charge in [0.1, 0.15) is 5.75 Å². The van der Waals surface area contributed by atoms with Crippen molar-refractivity contribution in [2.75, 3.05) is 17.2 Å². The molecule has 3 N–H and O–H groups in total. The lowest BCUT2D eigenvalue weighted by atomic mass is 10.3. The fraction of sp³-hybridized carbons (Fsp3) is 0.231. The molecule has 0 atom stereocenters. The first kappa shape index (κ1) is 13.4. The minimum atomic E-state index is 0.471. The Morgan fingerprint density at radius 2 is 2.16 bits per heavy atom. The van der Waals surface area contributed by atoms with E-state index in [-0.39, 0.29) is 0 Å². The molecule has 100 valence electrons. The number of hydrogen-bond donors (Lipinski definition) is 3. The largest absolute Gasteiger partial charge is 0.492 e. The molecule has 0 aliphatic rings. The summed E-state index contributed by atoms with van der Waals surface area (Å²) in [7, 11) is 0. The number of aryl methyl sites for hydroxylation is 1. The Morgan fingerprint density at radius 3 is 2.84 bits per heavy atom. The Morgan fingerprint density at radius 1 is 1.37 bits per heavy atom. The van der Waals surface area contributed by atoms with Gasteiger partial charge in [0.15, 0.2) is 10.9 Å². The minimum Gasteiger partial charge on any atom is -0.492 e. The summed E-state index contributed by atoms with van der Waals surface area (Å²) in [6.07, 6.45) is 0. The van der Waals surface area contributed by atoms with Crippen LogP contribution >= 0.6 is 12.2 Å². The number of para-hydroxylation sites is 2. The molecule has 2 rings (SSSR count). The molecule has 0 spiro atoms. The van der Waals surface area contributed by atoms with Gasteiger partial charge in [0.2, 0.25) is 0 Å². The van der Waals surface area contributed by atoms with Crippen LogP contribution in [0, 0.1) is 6.92 Å². The van der Waals surface area contributed by atoms with E-state index in [4.69, 9.17) is 17.0 Å². The van der Waals surface area contributed by atoms with Crippen LogP contribution in [-0.4, -0.2) is 21.9 Å². The molecule has 0 fully saturated rings. The van der Waals surface area contributed by atoms with Gasteiger partial charge in [-0.2, -0.15) is 5.10 Å². The van der Waals surface area contributed by atoms with Crippen LogP contribution in [-0.2, 0) is 0 Å². The van der Waals surface area contributed by atoms with Crippen LogP contribution in [0.15, 0.2) is 30.3 Å². The highest BCUT2D eigenvalue weighted by molar-refractivity contribution is 7.80. The number of aromatic nitrogens is 2. The zero-order valence-corrected chi connectivity index (χ0v) is 11.7. The molecule has 0 amide bonds. The van der Waals surface area contributed by atoms with Crippen molar-refractivity contribution >= 4 is 28.8 Å². The van der Waals surface area contributed by atoms with Gasteiger partial charge in [-0.05, 0) is 38.2 Å². The second-order valence-electron chi connectivity index (χ2n) is 3.94. The molecule has 0 saturated carbocycles. The van der Waals surface area contributed by atoms with Gasteiger partial charge >= 0.3 is 0 Å². The number of anilines is 2. The van der Waals surface area contributed by atoms with Crippen molar-refractivity contribution in [2.45, 2.75) is 13.8 Å². The lowest BCUT2D eigenvalue weighted by Gasteiger charge is -2.12. The third-order valence-corrected chi connectivity index (χ3v) is 2.59. The van der Waals surface area contributed by atoms with E-state index in [0.717, 1.165) is 17.1 Å². The number of ether oxygens (including phenoxy) is 1. The first-order valence-electron chi connectivity index (χ1n) is 6.01. The number of hydrogen-bond acceptors (Lipinski definition) is 3. The van der Waals surface area contributed by atoms with Gasteiger partial charge in [-0.25, -0.2) is 0 Å². The summed E-state index contributed by atoms with van der Waals surface area (Å²) in [5.41, 5.74) is 1.80. The highest BCUT2D eigenvalue weighted by Gasteiger charge is 2.05. The quantitative estimate of drug-likeness (QED) is 0.749. The van der Waals surface area contributed by atoms with Crippen molar-refractivity contribution < 1.29 is 4.74 Å². The Labute approximate surface area is 117 Å². The van der Waals surface area contributed by atoms with Crippen LogP contribution in [0.1, 0.15) is 12.6 Å². The number of benzene rings is 1. The summed E-state index contributed by atoms with van der Waals surface area (Å²) in [5, 5.41) is 13.5. The summed E-state index contributed by atoms with van der Waals surface area (Å²) >= 11 is 5.24. The average molecular weight is 276 g/mol. The average Bonchev–Trinajstić information content (AvgIpc) is 2.77. The molecule has 0 unspecified atom stereocenters. The zero-order chi connectivity index (χ0) is 13.7. The number of rotatable bonds is 4. The van der Waals surface area contributed by atoms with Gasteiger partial charge in [0, 0.05) is 11.8 Å². The summed E-state index contributed by atoms with van der Waals surface area (Å²) in [4.78, 5) is 0. The molecule has 0 radical (unpaired) electrons. The van der Waals surface area contributed by atoms with E-state index in [1.165, 1.54) is 0 Å². The molecular formula is C13H16N4OS. The van der Waals surface area contributed by atoms with Gasteiger partial charge < -0.3 is 15.4 Å². The summed E-state index contributed by atoms with van der Waals surface area (Å²) in [6, 6.07) is 9.53. The van der Waals surface area contributed by atoms with Gasteiger partial charge in [0.25, 0.3) is 0 Å². The molecule has 1 aromatic heterocycles. The highest BCUT2D eigenvalue weighted by Crippen LogP contribution is 2.23. The molecule has 2 aromatic rings. The van der Waals surface area contributed by atoms with Gasteiger partial charge in [-0.15, -0.1) is 0 Å². The number of aromatic amines is 1. The predicted molar refractivity (Wildman–Crippen MR) is 80.8 cm³/mol. The summed E-state index contributed by atoms with van der Waals surface area (Å²) in [6.45, 7) is 4.48. The van der Waals surface area contributed by atoms with Crippen molar-refractivity contribution in [1.82, 2.24) is 10.2 Å². The Hall–Kier alpha value is -2.08. The van der Waals surface area contributed by atoms with Crippen LogP contribution < -0.4 is 15.4 Å². The standard InChI is InChI=1S/C13H16N4OS/c1-3-18-11-7-5-4-6-10(11)14-13(19)15-12-8-9(2)16-17-12/h4-8H,3H2,1-2H3,(H3,14,15,16,17,19). The zero-order valence-electron chi connectivity index (χ0n) is 10.9. The number of nitrogens with one attached hydrogen (secondary N) is 3. The molecule has 0 saturated heterocycles.